The van der Waals surface area contributed by atoms with Crippen molar-refractivity contribution in [2.24, 2.45) is 0 Å². The first kappa shape index (κ1) is 19.2. The largest absolute Gasteiger partial charge is 0.497 e. The van der Waals surface area contributed by atoms with Crippen LogP contribution in [0.5, 0.6) is 5.75 Å². The van der Waals surface area contributed by atoms with E-state index in [1.54, 1.807) is 14.0 Å². The summed E-state index contributed by atoms with van der Waals surface area (Å²) in [6.07, 6.45) is 0. The molecule has 0 atom stereocenters. The smallest absolute Gasteiger partial charge is 0.260 e. The number of quaternary nitrogens is 1. The number of nitrogens with zero attached hydrogens (tertiary/aromatic N) is 2. The van der Waals surface area contributed by atoms with E-state index in [0.717, 1.165) is 44.0 Å². The lowest BCUT2D eigenvalue weighted by Crippen LogP contribution is -3.13. The molecule has 0 radical (unpaired) electrons. The van der Waals surface area contributed by atoms with Gasteiger partial charge in [0.1, 0.15) is 29.3 Å². The highest BCUT2D eigenvalue weighted by Gasteiger charge is 2.29. The number of hydrogen-bond donors (Lipinski definition) is 1. The molecule has 1 aliphatic heterocycles. The Hall–Kier alpha value is -3.12. The van der Waals surface area contributed by atoms with Crippen LogP contribution in [-0.2, 0) is 6.54 Å². The minimum Gasteiger partial charge on any atom is -0.497 e. The minimum atomic E-state index is 0.00565. The number of piperazine rings is 1. The van der Waals surface area contributed by atoms with E-state index < -0.39 is 0 Å². The Labute approximate surface area is 170 Å². The van der Waals surface area contributed by atoms with Gasteiger partial charge in [0.15, 0.2) is 0 Å². The van der Waals surface area contributed by atoms with E-state index in [2.05, 4.69) is 17.3 Å². The van der Waals surface area contributed by atoms with Crippen molar-refractivity contribution < 1.29 is 19.0 Å². The Morgan fingerprint density at radius 2 is 1.79 bits per heavy atom. The summed E-state index contributed by atoms with van der Waals surface area (Å²) in [7, 11) is 1.68. The summed E-state index contributed by atoms with van der Waals surface area (Å²) in [4.78, 5) is 16.6. The van der Waals surface area contributed by atoms with Crippen molar-refractivity contribution in [1.29, 1.82) is 0 Å². The molecule has 0 spiro atoms. The van der Waals surface area contributed by atoms with Gasteiger partial charge in [0.05, 0.1) is 33.3 Å². The number of rotatable bonds is 5. The van der Waals surface area contributed by atoms with Crippen LogP contribution in [0.2, 0.25) is 0 Å². The van der Waals surface area contributed by atoms with Crippen molar-refractivity contribution in [2.45, 2.75) is 13.5 Å². The molecule has 0 bridgehead atoms. The van der Waals surface area contributed by atoms with Crippen molar-refractivity contribution in [3.63, 3.8) is 0 Å². The van der Waals surface area contributed by atoms with Gasteiger partial charge in [0.2, 0.25) is 0 Å². The van der Waals surface area contributed by atoms with Crippen LogP contribution >= 0.6 is 0 Å². The average Bonchev–Trinajstić information content (AvgIpc) is 3.16. The summed E-state index contributed by atoms with van der Waals surface area (Å²) < 4.78 is 10.6. The number of nitrogens with one attached hydrogen (secondary N) is 1. The predicted octanol–water partition coefficient (Wildman–Crippen LogP) is 2.20. The zero-order valence-electron chi connectivity index (χ0n) is 16.9. The number of benzene rings is 2. The molecule has 2 heterocycles. The van der Waals surface area contributed by atoms with Crippen molar-refractivity contribution in [3.05, 3.63) is 71.5 Å². The highest BCUT2D eigenvalue weighted by atomic mass is 16.5. The van der Waals surface area contributed by atoms with E-state index in [1.807, 2.05) is 47.4 Å². The second kappa shape index (κ2) is 8.49. The van der Waals surface area contributed by atoms with Crippen LogP contribution in [0.3, 0.4) is 0 Å². The molecular formula is C23H26N3O3+. The first-order chi connectivity index (χ1) is 14.2. The summed E-state index contributed by atoms with van der Waals surface area (Å²) in [5, 5.41) is 4.15. The lowest BCUT2D eigenvalue weighted by Gasteiger charge is -2.32. The molecule has 150 valence electrons. The number of carbonyl (C=O) groups excluding carboxylic acids is 1. The zero-order valence-corrected chi connectivity index (χ0v) is 16.9. The first-order valence-electron chi connectivity index (χ1n) is 9.93. The molecule has 4 rings (SSSR count). The fraction of sp³-hybridized carbons (Fsp3) is 0.304. The molecule has 1 aliphatic rings. The number of ether oxygens (including phenoxy) is 1. The maximum Gasteiger partial charge on any atom is 0.260 e. The van der Waals surface area contributed by atoms with Gasteiger partial charge in [-0.1, -0.05) is 35.5 Å². The third-order valence-electron chi connectivity index (χ3n) is 5.49. The van der Waals surface area contributed by atoms with Crippen LogP contribution in [0.4, 0.5) is 0 Å². The van der Waals surface area contributed by atoms with Gasteiger partial charge < -0.3 is 19.1 Å². The third kappa shape index (κ3) is 4.17. The molecule has 1 saturated heterocycles. The van der Waals surface area contributed by atoms with Gasteiger partial charge in [-0.25, -0.2) is 0 Å². The van der Waals surface area contributed by atoms with Crippen LogP contribution in [-0.4, -0.2) is 49.3 Å². The van der Waals surface area contributed by atoms with Crippen LogP contribution in [0.25, 0.3) is 11.3 Å². The van der Waals surface area contributed by atoms with Crippen molar-refractivity contribution in [3.8, 4) is 17.0 Å². The number of hydrogen-bond acceptors (Lipinski definition) is 4. The summed E-state index contributed by atoms with van der Waals surface area (Å²) in [6, 6.07) is 17.9. The van der Waals surface area contributed by atoms with Crippen molar-refractivity contribution >= 4 is 5.91 Å². The summed E-state index contributed by atoms with van der Waals surface area (Å²) >= 11 is 0. The molecule has 1 aromatic heterocycles. The zero-order chi connectivity index (χ0) is 20.2. The molecule has 6 nitrogen and oxygen atoms in total. The highest BCUT2D eigenvalue weighted by Crippen LogP contribution is 2.26. The normalized spacial score (nSPS) is 14.8. The second-order valence-electron chi connectivity index (χ2n) is 7.40. The molecule has 2 aromatic carbocycles. The minimum absolute atomic E-state index is 0.00565. The quantitative estimate of drug-likeness (QED) is 0.723. The van der Waals surface area contributed by atoms with Gasteiger partial charge in [-0.3, -0.25) is 4.79 Å². The molecule has 3 aromatic rings. The Morgan fingerprint density at radius 1 is 1.10 bits per heavy atom. The second-order valence-corrected chi connectivity index (χ2v) is 7.40. The fourth-order valence-electron chi connectivity index (χ4n) is 3.81. The van der Waals surface area contributed by atoms with Crippen molar-refractivity contribution in [2.75, 3.05) is 33.3 Å². The number of carbonyl (C=O) groups is 1. The van der Waals surface area contributed by atoms with Crippen LogP contribution in [0.15, 0.2) is 59.1 Å². The van der Waals surface area contributed by atoms with Gasteiger partial charge in [0.25, 0.3) is 5.91 Å². The molecule has 1 N–H and O–H groups in total. The fourth-order valence-corrected chi connectivity index (χ4v) is 3.81. The Kier molecular flexibility index (Phi) is 5.62. The lowest BCUT2D eigenvalue weighted by atomic mass is 10.0. The monoisotopic (exact) mass is 392 g/mol. The molecule has 1 fully saturated rings. The lowest BCUT2D eigenvalue weighted by molar-refractivity contribution is -0.917. The molecule has 1 amide bonds. The van der Waals surface area contributed by atoms with Gasteiger partial charge in [-0.05, 0) is 31.2 Å². The van der Waals surface area contributed by atoms with Crippen molar-refractivity contribution in [1.82, 2.24) is 10.1 Å². The van der Waals surface area contributed by atoms with Crippen LogP contribution < -0.4 is 9.64 Å². The molecule has 0 saturated carbocycles. The average molecular weight is 392 g/mol. The first-order valence-corrected chi connectivity index (χ1v) is 9.93. The predicted molar refractivity (Wildman–Crippen MR) is 110 cm³/mol. The molecule has 0 aliphatic carbocycles. The van der Waals surface area contributed by atoms with Gasteiger partial charge >= 0.3 is 0 Å². The third-order valence-corrected chi connectivity index (χ3v) is 5.49. The highest BCUT2D eigenvalue weighted by molar-refractivity contribution is 6.00. The number of aromatic nitrogens is 1. The van der Waals surface area contributed by atoms with Crippen LogP contribution in [0.1, 0.15) is 21.7 Å². The summed E-state index contributed by atoms with van der Waals surface area (Å²) in [5.74, 6) is 1.45. The SMILES string of the molecule is COc1ccc(C[NH+]2CCN(C(=O)c3c(-c4ccccc4)noc3C)CC2)cc1. The Bertz CT molecular complexity index is 959. The van der Waals surface area contributed by atoms with E-state index >= 15 is 0 Å². The molecular weight excluding hydrogens is 366 g/mol. The topological polar surface area (TPSA) is 60.0 Å². The van der Waals surface area contributed by atoms with Crippen LogP contribution in [0, 0.1) is 6.92 Å². The maximum absolute atomic E-state index is 13.2. The number of amides is 1. The number of aryl methyl sites for hydroxylation is 1. The molecule has 29 heavy (non-hydrogen) atoms. The van der Waals surface area contributed by atoms with Gasteiger partial charge in [0, 0.05) is 11.1 Å². The maximum atomic E-state index is 13.2. The van der Waals surface area contributed by atoms with Gasteiger partial charge in [-0.15, -0.1) is 0 Å². The van der Waals surface area contributed by atoms with E-state index in [1.165, 1.54) is 10.5 Å². The molecule has 6 heteroatoms. The van der Waals surface area contributed by atoms with E-state index in [9.17, 15) is 4.79 Å². The number of methoxy groups -OCH3 is 1. The molecule has 0 unspecified atom stereocenters. The summed E-state index contributed by atoms with van der Waals surface area (Å²) in [6.45, 7) is 6.04. The van der Waals surface area contributed by atoms with E-state index in [4.69, 9.17) is 9.26 Å². The van der Waals surface area contributed by atoms with E-state index in [0.29, 0.717) is 17.0 Å². The Balaban J connectivity index is 1.41. The van der Waals surface area contributed by atoms with Gasteiger partial charge in [-0.2, -0.15) is 0 Å². The van der Waals surface area contributed by atoms with E-state index in [-0.39, 0.29) is 5.91 Å². The summed E-state index contributed by atoms with van der Waals surface area (Å²) in [5.41, 5.74) is 3.38. The Morgan fingerprint density at radius 3 is 2.45 bits per heavy atom. The standard InChI is InChI=1S/C23H25N3O3/c1-17-21(22(24-29-17)19-6-4-3-5-7-19)23(27)26-14-12-25(13-15-26)16-18-8-10-20(28-2)11-9-18/h3-11H,12-16H2,1-2H3/p+1.